The van der Waals surface area contributed by atoms with Crippen molar-refractivity contribution in [3.8, 4) is 10.4 Å². The Balaban J connectivity index is 1.37. The molecule has 0 bridgehead atoms. The molecule has 0 N–H and O–H groups in total. The summed E-state index contributed by atoms with van der Waals surface area (Å²) in [6, 6.07) is 16.6. The number of carbonyl (C=O) groups is 1. The van der Waals surface area contributed by atoms with E-state index in [0.717, 1.165) is 10.4 Å². The maximum Gasteiger partial charge on any atom is 0.181 e. The lowest BCUT2D eigenvalue weighted by molar-refractivity contribution is 0.0916. The molecule has 1 aromatic heterocycles. The van der Waals surface area contributed by atoms with E-state index in [1.807, 2.05) is 34.5 Å². The lowest BCUT2D eigenvalue weighted by Crippen LogP contribution is -2.41. The highest BCUT2D eigenvalue weighted by atomic mass is 32.2. The summed E-state index contributed by atoms with van der Waals surface area (Å²) in [5.41, 5.74) is 1.48. The van der Waals surface area contributed by atoms with Gasteiger partial charge in [0.1, 0.15) is 5.82 Å². The van der Waals surface area contributed by atoms with Crippen LogP contribution in [-0.4, -0.2) is 44.0 Å². The van der Waals surface area contributed by atoms with Crippen molar-refractivity contribution in [1.82, 2.24) is 4.90 Å². The van der Waals surface area contributed by atoms with Crippen LogP contribution in [0.1, 0.15) is 23.2 Å². The standard InChI is InChI=1S/C23H22FNO3S2/c24-19-7-3-17(4-8-19)22(26)16-25-13-11-21(12-14-25)30(27,28)20-9-5-18(6-10-20)23-2-1-15-29-23/h1-10,15,21H,11-14,16H2. The average Bonchev–Trinajstić information content (AvgIpc) is 3.30. The number of rotatable bonds is 6. The summed E-state index contributed by atoms with van der Waals surface area (Å²) in [4.78, 5) is 15.8. The molecule has 0 unspecified atom stereocenters. The molecular formula is C23H22FNO3S2. The number of nitrogens with zero attached hydrogens (tertiary/aromatic N) is 1. The van der Waals surface area contributed by atoms with Crippen LogP contribution in [0.25, 0.3) is 10.4 Å². The molecule has 1 fully saturated rings. The molecule has 0 atom stereocenters. The predicted molar refractivity (Wildman–Crippen MR) is 117 cm³/mol. The van der Waals surface area contributed by atoms with E-state index < -0.39 is 15.1 Å². The number of hydrogen-bond donors (Lipinski definition) is 0. The minimum atomic E-state index is -3.41. The predicted octanol–water partition coefficient (Wildman–Crippen LogP) is 4.68. The molecule has 1 aliphatic heterocycles. The van der Waals surface area contributed by atoms with E-state index >= 15 is 0 Å². The second-order valence-electron chi connectivity index (χ2n) is 7.45. The zero-order valence-electron chi connectivity index (χ0n) is 16.3. The molecule has 0 spiro atoms. The molecule has 0 aliphatic carbocycles. The number of likely N-dealkylation sites (tertiary alicyclic amines) is 1. The van der Waals surface area contributed by atoms with Crippen molar-refractivity contribution in [2.45, 2.75) is 23.0 Å². The van der Waals surface area contributed by atoms with E-state index in [2.05, 4.69) is 0 Å². The topological polar surface area (TPSA) is 54.5 Å². The van der Waals surface area contributed by atoms with Crippen molar-refractivity contribution in [2.24, 2.45) is 0 Å². The van der Waals surface area contributed by atoms with Gasteiger partial charge in [-0.1, -0.05) is 18.2 Å². The van der Waals surface area contributed by atoms with Crippen molar-refractivity contribution >= 4 is 27.0 Å². The van der Waals surface area contributed by atoms with Crippen molar-refractivity contribution in [3.63, 3.8) is 0 Å². The summed E-state index contributed by atoms with van der Waals surface area (Å²) >= 11 is 1.62. The molecule has 0 amide bonds. The van der Waals surface area contributed by atoms with E-state index in [0.29, 0.717) is 36.4 Å². The number of halogens is 1. The van der Waals surface area contributed by atoms with Crippen molar-refractivity contribution in [1.29, 1.82) is 0 Å². The number of Topliss-reactive ketones (excluding diaryl/α,β-unsaturated/α-hetero) is 1. The maximum atomic E-state index is 13.0. The van der Waals surface area contributed by atoms with Crippen LogP contribution in [0.15, 0.2) is 70.9 Å². The quantitative estimate of drug-likeness (QED) is 0.520. The van der Waals surface area contributed by atoms with Gasteiger partial charge >= 0.3 is 0 Å². The Hall–Kier alpha value is -2.35. The Labute approximate surface area is 179 Å². The van der Waals surface area contributed by atoms with Gasteiger partial charge in [0.15, 0.2) is 15.6 Å². The molecule has 7 heteroatoms. The first-order chi connectivity index (χ1) is 14.4. The third kappa shape index (κ3) is 4.53. The number of sulfone groups is 1. The summed E-state index contributed by atoms with van der Waals surface area (Å²) in [7, 11) is -3.41. The molecule has 1 aliphatic rings. The van der Waals surface area contributed by atoms with Gasteiger partial charge in [0.05, 0.1) is 16.7 Å². The highest BCUT2D eigenvalue weighted by molar-refractivity contribution is 7.92. The average molecular weight is 444 g/mol. The fourth-order valence-corrected chi connectivity index (χ4v) is 6.22. The van der Waals surface area contributed by atoms with E-state index in [9.17, 15) is 17.6 Å². The number of benzene rings is 2. The van der Waals surface area contributed by atoms with Gasteiger partial charge in [0, 0.05) is 10.4 Å². The van der Waals surface area contributed by atoms with Crippen LogP contribution in [0.4, 0.5) is 4.39 Å². The fraction of sp³-hybridized carbons (Fsp3) is 0.261. The number of piperidine rings is 1. The highest BCUT2D eigenvalue weighted by Gasteiger charge is 2.31. The van der Waals surface area contributed by atoms with Crippen molar-refractivity contribution in [3.05, 3.63) is 77.4 Å². The minimum Gasteiger partial charge on any atom is -0.296 e. The first-order valence-electron chi connectivity index (χ1n) is 9.82. The molecule has 2 heterocycles. The first-order valence-corrected chi connectivity index (χ1v) is 12.2. The number of carbonyl (C=O) groups excluding carboxylic acids is 1. The van der Waals surface area contributed by atoms with Crippen LogP contribution < -0.4 is 0 Å². The fourth-order valence-electron chi connectivity index (χ4n) is 3.75. The first kappa shape index (κ1) is 20.9. The summed E-state index contributed by atoms with van der Waals surface area (Å²) in [5.74, 6) is -0.457. The maximum absolute atomic E-state index is 13.0. The zero-order valence-corrected chi connectivity index (χ0v) is 18.0. The number of ketones is 1. The van der Waals surface area contributed by atoms with Gasteiger partial charge in [-0.15, -0.1) is 11.3 Å². The molecule has 30 heavy (non-hydrogen) atoms. The van der Waals surface area contributed by atoms with Crippen LogP contribution >= 0.6 is 11.3 Å². The SMILES string of the molecule is O=C(CN1CCC(S(=O)(=O)c2ccc(-c3cccs3)cc2)CC1)c1ccc(F)cc1. The number of hydrogen-bond acceptors (Lipinski definition) is 5. The molecule has 0 radical (unpaired) electrons. The van der Waals surface area contributed by atoms with Gasteiger partial charge in [0.25, 0.3) is 0 Å². The van der Waals surface area contributed by atoms with E-state index in [1.165, 1.54) is 24.3 Å². The van der Waals surface area contributed by atoms with Crippen LogP contribution in [0.2, 0.25) is 0 Å². The molecule has 1 saturated heterocycles. The molecule has 0 saturated carbocycles. The van der Waals surface area contributed by atoms with Crippen LogP contribution in [0, 0.1) is 5.82 Å². The van der Waals surface area contributed by atoms with Gasteiger partial charge < -0.3 is 0 Å². The molecule has 156 valence electrons. The number of thiophene rings is 1. The summed E-state index contributed by atoms with van der Waals surface area (Å²) in [6.45, 7) is 1.31. The Morgan fingerprint density at radius 1 is 1.00 bits per heavy atom. The van der Waals surface area contributed by atoms with E-state index in [4.69, 9.17) is 0 Å². The van der Waals surface area contributed by atoms with Crippen molar-refractivity contribution in [2.75, 3.05) is 19.6 Å². The smallest absolute Gasteiger partial charge is 0.181 e. The monoisotopic (exact) mass is 443 g/mol. The Kier molecular flexibility index (Phi) is 6.13. The third-order valence-corrected chi connectivity index (χ3v) is 8.69. The normalized spacial score (nSPS) is 15.9. The van der Waals surface area contributed by atoms with Crippen LogP contribution in [0.3, 0.4) is 0 Å². The van der Waals surface area contributed by atoms with Gasteiger partial charge in [0.2, 0.25) is 0 Å². The summed E-state index contributed by atoms with van der Waals surface area (Å²) in [5, 5.41) is 1.55. The second-order valence-corrected chi connectivity index (χ2v) is 10.6. The Morgan fingerprint density at radius 2 is 1.67 bits per heavy atom. The lowest BCUT2D eigenvalue weighted by atomic mass is 10.1. The summed E-state index contributed by atoms with van der Waals surface area (Å²) < 4.78 is 39.1. The van der Waals surface area contributed by atoms with E-state index in [1.54, 1.807) is 23.5 Å². The van der Waals surface area contributed by atoms with Gasteiger partial charge in [-0.2, -0.15) is 0 Å². The lowest BCUT2D eigenvalue weighted by Gasteiger charge is -2.31. The van der Waals surface area contributed by atoms with Gasteiger partial charge in [-0.3, -0.25) is 9.69 Å². The molecule has 4 rings (SSSR count). The van der Waals surface area contributed by atoms with Crippen LogP contribution in [0.5, 0.6) is 0 Å². The molecular weight excluding hydrogens is 421 g/mol. The largest absolute Gasteiger partial charge is 0.296 e. The zero-order chi connectivity index (χ0) is 21.1. The summed E-state index contributed by atoms with van der Waals surface area (Å²) in [6.07, 6.45) is 0.984. The molecule has 4 nitrogen and oxygen atoms in total. The highest BCUT2D eigenvalue weighted by Crippen LogP contribution is 2.29. The molecule has 2 aromatic carbocycles. The Morgan fingerprint density at radius 3 is 2.27 bits per heavy atom. The van der Waals surface area contributed by atoms with Gasteiger partial charge in [-0.25, -0.2) is 12.8 Å². The third-order valence-electron chi connectivity index (χ3n) is 5.50. The molecule has 3 aromatic rings. The second kappa shape index (κ2) is 8.79. The van der Waals surface area contributed by atoms with Crippen molar-refractivity contribution < 1.29 is 17.6 Å². The Bertz CT molecular complexity index is 1100. The van der Waals surface area contributed by atoms with E-state index in [-0.39, 0.29) is 18.1 Å². The van der Waals surface area contributed by atoms with Gasteiger partial charge in [-0.05, 0) is 79.3 Å². The minimum absolute atomic E-state index is 0.0829. The van der Waals surface area contributed by atoms with Crippen LogP contribution in [-0.2, 0) is 9.84 Å².